The molecule has 4 rings (SSSR count). The van der Waals surface area contributed by atoms with Gasteiger partial charge < -0.3 is 0 Å². The molecular formula is C40H53O2P. The predicted octanol–water partition coefficient (Wildman–Crippen LogP) is 9.61. The number of hydrogen-bond donors (Lipinski definition) is 1. The van der Waals surface area contributed by atoms with E-state index in [1.54, 1.807) is 0 Å². The maximum atomic E-state index is 14.4. The molecule has 0 fully saturated rings. The topological polar surface area (TPSA) is 29.5 Å². The van der Waals surface area contributed by atoms with Crippen LogP contribution in [-0.2, 0) is 21.7 Å². The van der Waals surface area contributed by atoms with Gasteiger partial charge in [0.05, 0.1) is 0 Å². The molecule has 230 valence electrons. The molecule has 4 aromatic rings. The molecule has 0 bridgehead atoms. The fraction of sp³-hybridized carbons (Fsp3) is 0.400. The second-order valence-corrected chi connectivity index (χ2v) is 19.8. The minimum absolute atomic E-state index is 0.115. The van der Waals surface area contributed by atoms with Crippen molar-refractivity contribution in [1.82, 2.24) is 0 Å². The summed E-state index contributed by atoms with van der Waals surface area (Å²) in [5.41, 5.74) is 3.93. The first-order chi connectivity index (χ1) is 19.7. The van der Waals surface area contributed by atoms with Crippen molar-refractivity contribution in [1.29, 1.82) is 0 Å². The van der Waals surface area contributed by atoms with Crippen LogP contribution >= 0.6 is 7.06 Å². The Kier molecular flexibility index (Phi) is 8.36. The Balaban J connectivity index is 2.32. The molecule has 0 saturated heterocycles. The fourth-order valence-electron chi connectivity index (χ4n) is 6.49. The van der Waals surface area contributed by atoms with E-state index in [9.17, 15) is 4.89 Å². The standard InChI is InChI=1S/C40H53O2P/c1-37(2,3)31-25-19-27-33(35(31)39(7,8)9)42-43(41,29-21-15-13-16-22-29,30-23-17-14-18-24-30)34-28-20-26-32(38(4,5)6)36(34)40(10,11)12/h13-28,41H,1-12H3. The summed E-state index contributed by atoms with van der Waals surface area (Å²) in [6.07, 6.45) is 0. The van der Waals surface area contributed by atoms with Crippen LogP contribution < -0.4 is 20.4 Å². The van der Waals surface area contributed by atoms with Gasteiger partial charge >= 0.3 is 262 Å². The zero-order chi connectivity index (χ0) is 32.1. The molecular weight excluding hydrogens is 543 g/mol. The molecule has 0 heterocycles. The quantitative estimate of drug-likeness (QED) is 0.233. The van der Waals surface area contributed by atoms with Gasteiger partial charge in [0.1, 0.15) is 0 Å². The van der Waals surface area contributed by atoms with Gasteiger partial charge in [-0.05, 0) is 0 Å². The van der Waals surface area contributed by atoms with Crippen LogP contribution in [0.1, 0.15) is 105 Å². The Labute approximate surface area is 261 Å². The summed E-state index contributed by atoms with van der Waals surface area (Å²) in [7, 11) is -4.66. The Morgan fingerprint density at radius 3 is 1.23 bits per heavy atom. The first kappa shape index (κ1) is 33.0. The molecule has 0 aliphatic heterocycles. The van der Waals surface area contributed by atoms with E-state index in [1.165, 1.54) is 11.1 Å². The van der Waals surface area contributed by atoms with Crippen molar-refractivity contribution in [2.24, 2.45) is 0 Å². The van der Waals surface area contributed by atoms with Gasteiger partial charge in [-0.15, -0.1) is 0 Å². The summed E-state index contributed by atoms with van der Waals surface area (Å²) < 4.78 is 7.63. The molecule has 0 spiro atoms. The maximum absolute atomic E-state index is 14.4. The molecule has 0 unspecified atom stereocenters. The fourth-order valence-corrected chi connectivity index (χ4v) is 10.9. The number of benzene rings is 4. The van der Waals surface area contributed by atoms with Crippen molar-refractivity contribution in [3.05, 3.63) is 119 Å². The van der Waals surface area contributed by atoms with Crippen molar-refractivity contribution in [3.8, 4) is 5.75 Å². The summed E-state index contributed by atoms with van der Waals surface area (Å²) in [6, 6.07) is 33.1. The van der Waals surface area contributed by atoms with E-state index < -0.39 is 7.06 Å². The van der Waals surface area contributed by atoms with Gasteiger partial charge in [0.25, 0.3) is 0 Å². The van der Waals surface area contributed by atoms with Crippen LogP contribution in [0.4, 0.5) is 0 Å². The van der Waals surface area contributed by atoms with Gasteiger partial charge in [-0.2, -0.15) is 0 Å². The van der Waals surface area contributed by atoms with Crippen LogP contribution in [0, 0.1) is 0 Å². The molecule has 0 saturated carbocycles. The summed E-state index contributed by atoms with van der Waals surface area (Å²) >= 11 is 0. The molecule has 0 aromatic heterocycles. The van der Waals surface area contributed by atoms with Crippen LogP contribution in [0.15, 0.2) is 97.1 Å². The van der Waals surface area contributed by atoms with Crippen LogP contribution in [0.25, 0.3) is 0 Å². The van der Waals surface area contributed by atoms with Crippen molar-refractivity contribution in [2.75, 3.05) is 0 Å². The predicted molar refractivity (Wildman–Crippen MR) is 189 cm³/mol. The number of hydrogen-bond acceptors (Lipinski definition) is 2. The third kappa shape index (κ3) is 5.94. The summed E-state index contributed by atoms with van der Waals surface area (Å²) in [4.78, 5) is 14.4. The minimum atomic E-state index is -4.66. The van der Waals surface area contributed by atoms with Crippen LogP contribution in [0.3, 0.4) is 0 Å². The second kappa shape index (κ2) is 10.9. The summed E-state index contributed by atoms with van der Waals surface area (Å²) in [5, 5.41) is 2.44. The molecule has 43 heavy (non-hydrogen) atoms. The monoisotopic (exact) mass is 596 g/mol. The van der Waals surface area contributed by atoms with E-state index in [0.717, 1.165) is 32.8 Å². The van der Waals surface area contributed by atoms with Gasteiger partial charge in [0.2, 0.25) is 0 Å². The first-order valence-electron chi connectivity index (χ1n) is 15.6. The Bertz CT molecular complexity index is 1540. The van der Waals surface area contributed by atoms with Gasteiger partial charge in [-0.3, -0.25) is 0 Å². The molecule has 4 aromatic carbocycles. The van der Waals surface area contributed by atoms with Gasteiger partial charge in [-0.25, -0.2) is 0 Å². The van der Waals surface area contributed by atoms with E-state index in [4.69, 9.17) is 4.52 Å². The van der Waals surface area contributed by atoms with Crippen molar-refractivity contribution < 1.29 is 9.42 Å². The van der Waals surface area contributed by atoms with E-state index in [0.29, 0.717) is 0 Å². The zero-order valence-electron chi connectivity index (χ0n) is 28.5. The normalized spacial score (nSPS) is 14.2. The molecule has 0 aliphatic rings. The van der Waals surface area contributed by atoms with Crippen LogP contribution in [0.5, 0.6) is 5.75 Å². The van der Waals surface area contributed by atoms with Crippen molar-refractivity contribution >= 4 is 23.0 Å². The summed E-state index contributed by atoms with van der Waals surface area (Å²) in [5.74, 6) is 0.730. The zero-order valence-corrected chi connectivity index (χ0v) is 29.4. The van der Waals surface area contributed by atoms with E-state index in [1.807, 2.05) is 60.7 Å². The third-order valence-electron chi connectivity index (χ3n) is 8.38. The molecule has 0 amide bonds. The second-order valence-electron chi connectivity index (χ2n) is 16.1. The molecule has 1 N–H and O–H groups in total. The van der Waals surface area contributed by atoms with Gasteiger partial charge in [-0.1, -0.05) is 0 Å². The Morgan fingerprint density at radius 2 is 0.837 bits per heavy atom. The van der Waals surface area contributed by atoms with Crippen molar-refractivity contribution in [3.63, 3.8) is 0 Å². The molecule has 0 aliphatic carbocycles. The molecule has 3 heteroatoms. The molecule has 0 atom stereocenters. The Morgan fingerprint density at radius 1 is 0.442 bits per heavy atom. The van der Waals surface area contributed by atoms with Crippen molar-refractivity contribution in [2.45, 2.75) is 105 Å². The van der Waals surface area contributed by atoms with Gasteiger partial charge in [0, 0.05) is 0 Å². The average Bonchev–Trinajstić information content (AvgIpc) is 2.91. The average molecular weight is 597 g/mol. The summed E-state index contributed by atoms with van der Waals surface area (Å²) in [6.45, 7) is 27.0. The van der Waals surface area contributed by atoms with Gasteiger partial charge in [0.15, 0.2) is 0 Å². The van der Waals surface area contributed by atoms with E-state index in [-0.39, 0.29) is 21.7 Å². The number of rotatable bonds is 5. The van der Waals surface area contributed by atoms with E-state index >= 15 is 0 Å². The molecule has 2 nitrogen and oxygen atoms in total. The molecule has 0 radical (unpaired) electrons. The first-order valence-corrected chi connectivity index (χ1v) is 17.7. The van der Waals surface area contributed by atoms with Crippen LogP contribution in [0.2, 0.25) is 0 Å². The Hall–Kier alpha value is -2.93. The van der Waals surface area contributed by atoms with E-state index in [2.05, 4.69) is 119 Å². The van der Waals surface area contributed by atoms with Crippen LogP contribution in [-0.4, -0.2) is 4.89 Å². The SMILES string of the molecule is CC(C)(C)c1cccc(OP(O)(c2ccccc2)(c2ccccc2)c2cccc(C(C)(C)C)c2C(C)(C)C)c1C(C)(C)C. The third-order valence-corrected chi connectivity index (χ3v) is 12.7.